The minimum Gasteiger partial charge on any atom is -0.494 e. The average Bonchev–Trinajstić information content (AvgIpc) is 3.77. The lowest BCUT2D eigenvalue weighted by atomic mass is 9.77. The number of likely N-dealkylation sites (N-methyl/N-ethyl adjacent to an activating group) is 1. The number of piperidine rings is 1. The fourth-order valence-corrected chi connectivity index (χ4v) is 6.37. The Balaban J connectivity index is 1.20. The maximum Gasteiger partial charge on any atom is 0.338 e. The second-order valence-electron chi connectivity index (χ2n) is 13.5. The van der Waals surface area contributed by atoms with Gasteiger partial charge in [-0.15, -0.1) is 0 Å². The van der Waals surface area contributed by atoms with Crippen LogP contribution in [-0.2, 0) is 16.1 Å². The number of hydrogen-bond acceptors (Lipinski definition) is 6. The van der Waals surface area contributed by atoms with Gasteiger partial charge in [-0.3, -0.25) is 14.5 Å². The summed E-state index contributed by atoms with van der Waals surface area (Å²) in [4.78, 5) is 42.6. The van der Waals surface area contributed by atoms with Crippen LogP contribution in [0.2, 0.25) is 0 Å². The van der Waals surface area contributed by atoms with E-state index in [1.54, 1.807) is 0 Å². The van der Waals surface area contributed by atoms with Crippen LogP contribution in [0.3, 0.4) is 0 Å². The van der Waals surface area contributed by atoms with Crippen LogP contribution in [0.4, 0.5) is 5.69 Å². The molecule has 3 aliphatic rings. The highest BCUT2D eigenvalue weighted by molar-refractivity contribution is 5.98. The summed E-state index contributed by atoms with van der Waals surface area (Å²) >= 11 is 0. The molecule has 2 heterocycles. The van der Waals surface area contributed by atoms with E-state index in [4.69, 9.17) is 9.47 Å². The fraction of sp³-hybridized carbons (Fsp3) is 0.559. The van der Waals surface area contributed by atoms with Crippen molar-refractivity contribution in [2.75, 3.05) is 72.5 Å². The third-order valence-electron chi connectivity index (χ3n) is 9.10. The second-order valence-corrected chi connectivity index (χ2v) is 13.5. The van der Waals surface area contributed by atoms with Crippen molar-refractivity contribution >= 4 is 23.5 Å². The maximum absolute atomic E-state index is 13.2. The molecular formula is C34H47N4O5+. The molecular weight excluding hydrogens is 544 g/mol. The van der Waals surface area contributed by atoms with E-state index in [1.165, 1.54) is 7.11 Å². The lowest BCUT2D eigenvalue weighted by Crippen LogP contribution is -2.41. The number of methoxy groups -OCH3 is 1. The standard InChI is InChI=1S/C34H46N4O5/c1-6-43-30-20-29(33(41)42-5)28(24-7-8-24)19-26(30)22-36-16-13-34(14-17-36)21-31(39)37(23-34)27-11-9-25(10-12-27)32(40)35-15-18-38(2,3)4/h9-12,19-20,24H,6-8,13-18,21-23H2,1-5H3/p+1. The van der Waals surface area contributed by atoms with Gasteiger partial charge in [0.2, 0.25) is 5.91 Å². The van der Waals surface area contributed by atoms with Gasteiger partial charge >= 0.3 is 5.97 Å². The maximum atomic E-state index is 13.2. The first kappa shape index (κ1) is 31.0. The van der Waals surface area contributed by atoms with E-state index in [1.807, 2.05) is 42.2 Å². The third kappa shape index (κ3) is 7.39. The topological polar surface area (TPSA) is 88.2 Å². The highest BCUT2D eigenvalue weighted by Gasteiger charge is 2.45. The van der Waals surface area contributed by atoms with Gasteiger partial charge in [0, 0.05) is 36.3 Å². The van der Waals surface area contributed by atoms with E-state index in [0.29, 0.717) is 43.2 Å². The number of anilines is 1. The number of carbonyl (C=O) groups excluding carboxylic acids is 3. The van der Waals surface area contributed by atoms with Gasteiger partial charge in [0.05, 0.1) is 53.5 Å². The first-order valence-corrected chi connectivity index (χ1v) is 15.6. The minimum atomic E-state index is -0.307. The number of benzene rings is 2. The molecule has 2 amide bonds. The summed E-state index contributed by atoms with van der Waals surface area (Å²) in [6.07, 6.45) is 4.64. The second kappa shape index (κ2) is 12.7. The zero-order valence-corrected chi connectivity index (χ0v) is 26.4. The van der Waals surface area contributed by atoms with Gasteiger partial charge in [0.1, 0.15) is 5.75 Å². The number of rotatable bonds is 11. The molecule has 9 heteroatoms. The van der Waals surface area contributed by atoms with Gasteiger partial charge in [-0.1, -0.05) is 0 Å². The molecule has 1 N–H and O–H groups in total. The van der Waals surface area contributed by atoms with E-state index in [-0.39, 0.29) is 23.2 Å². The van der Waals surface area contributed by atoms with Crippen LogP contribution in [0.25, 0.3) is 0 Å². The minimum absolute atomic E-state index is 0.0362. The Bertz CT molecular complexity index is 1340. The van der Waals surface area contributed by atoms with Crippen LogP contribution in [-0.4, -0.2) is 94.8 Å². The number of nitrogens with one attached hydrogen (secondary N) is 1. The summed E-state index contributed by atoms with van der Waals surface area (Å²) in [5, 5.41) is 2.99. The molecule has 0 unspecified atom stereocenters. The Morgan fingerprint density at radius 3 is 2.37 bits per heavy atom. The first-order valence-electron chi connectivity index (χ1n) is 15.6. The summed E-state index contributed by atoms with van der Waals surface area (Å²) in [5.74, 6) is 0.923. The third-order valence-corrected chi connectivity index (χ3v) is 9.10. The molecule has 2 aromatic rings. The SMILES string of the molecule is CCOc1cc(C(=O)OC)c(C2CC2)cc1CN1CCC2(CC1)CC(=O)N(c1ccc(C(=O)NCC[N+](C)(C)C)cc1)C2. The molecule has 5 rings (SSSR count). The van der Waals surface area contributed by atoms with Crippen LogP contribution in [0.1, 0.15) is 76.8 Å². The zero-order chi connectivity index (χ0) is 30.8. The molecule has 2 aromatic carbocycles. The molecule has 2 saturated heterocycles. The number of ether oxygens (including phenoxy) is 2. The predicted molar refractivity (Wildman–Crippen MR) is 167 cm³/mol. The van der Waals surface area contributed by atoms with Crippen LogP contribution >= 0.6 is 0 Å². The van der Waals surface area contributed by atoms with Crippen molar-refractivity contribution in [1.82, 2.24) is 10.2 Å². The Morgan fingerprint density at radius 2 is 1.77 bits per heavy atom. The molecule has 43 heavy (non-hydrogen) atoms. The van der Waals surface area contributed by atoms with Gasteiger partial charge in [0.15, 0.2) is 0 Å². The Labute approximate surface area is 255 Å². The molecule has 3 fully saturated rings. The smallest absolute Gasteiger partial charge is 0.338 e. The molecule has 2 aliphatic heterocycles. The fourth-order valence-electron chi connectivity index (χ4n) is 6.37. The average molecular weight is 592 g/mol. The van der Waals surface area contributed by atoms with Crippen molar-refractivity contribution in [3.05, 3.63) is 58.7 Å². The van der Waals surface area contributed by atoms with Gasteiger partial charge in [0.25, 0.3) is 5.91 Å². The van der Waals surface area contributed by atoms with Crippen molar-refractivity contribution in [1.29, 1.82) is 0 Å². The first-order chi connectivity index (χ1) is 20.5. The van der Waals surface area contributed by atoms with E-state index in [9.17, 15) is 14.4 Å². The number of likely N-dealkylation sites (tertiary alicyclic amines) is 1. The number of quaternary nitrogens is 1. The van der Waals surface area contributed by atoms with Gasteiger partial charge in [-0.2, -0.15) is 0 Å². The van der Waals surface area contributed by atoms with Crippen molar-refractivity contribution in [2.24, 2.45) is 5.41 Å². The molecule has 0 atom stereocenters. The van der Waals surface area contributed by atoms with Crippen molar-refractivity contribution in [3.8, 4) is 5.75 Å². The van der Waals surface area contributed by atoms with Crippen molar-refractivity contribution in [3.63, 3.8) is 0 Å². The molecule has 1 spiro atoms. The van der Waals surface area contributed by atoms with E-state index in [0.717, 1.165) is 78.9 Å². The Kier molecular flexibility index (Phi) is 9.13. The van der Waals surface area contributed by atoms with Crippen molar-refractivity contribution in [2.45, 2.75) is 51.5 Å². The normalized spacial score (nSPS) is 18.6. The van der Waals surface area contributed by atoms with E-state index in [2.05, 4.69) is 37.4 Å². The van der Waals surface area contributed by atoms with Gasteiger partial charge in [-0.05, 0) is 99.0 Å². The van der Waals surface area contributed by atoms with Gasteiger partial charge in [-0.25, -0.2) is 4.79 Å². The number of amides is 2. The predicted octanol–water partition coefficient (Wildman–Crippen LogP) is 4.20. The summed E-state index contributed by atoms with van der Waals surface area (Å²) < 4.78 is 11.8. The Morgan fingerprint density at radius 1 is 1.07 bits per heavy atom. The molecule has 232 valence electrons. The number of esters is 1. The number of carbonyl (C=O) groups is 3. The summed E-state index contributed by atoms with van der Waals surface area (Å²) in [6, 6.07) is 11.5. The number of nitrogens with zero attached hydrogens (tertiary/aromatic N) is 3. The summed E-state index contributed by atoms with van der Waals surface area (Å²) in [6.45, 7) is 7.21. The monoisotopic (exact) mass is 591 g/mol. The van der Waals surface area contributed by atoms with Crippen molar-refractivity contribution < 1.29 is 28.3 Å². The molecule has 0 aromatic heterocycles. The highest BCUT2D eigenvalue weighted by atomic mass is 16.5. The molecule has 1 saturated carbocycles. The largest absolute Gasteiger partial charge is 0.494 e. The summed E-state index contributed by atoms with van der Waals surface area (Å²) in [5.41, 5.74) is 4.22. The Hall–Kier alpha value is -3.43. The quantitative estimate of drug-likeness (QED) is 0.311. The lowest BCUT2D eigenvalue weighted by molar-refractivity contribution is -0.869. The molecule has 9 nitrogen and oxygen atoms in total. The van der Waals surface area contributed by atoms with E-state index >= 15 is 0 Å². The summed E-state index contributed by atoms with van der Waals surface area (Å²) in [7, 11) is 7.72. The lowest BCUT2D eigenvalue weighted by Gasteiger charge is -2.39. The highest BCUT2D eigenvalue weighted by Crippen LogP contribution is 2.45. The number of hydrogen-bond donors (Lipinski definition) is 1. The van der Waals surface area contributed by atoms with Gasteiger partial charge < -0.3 is 24.2 Å². The molecule has 0 bridgehead atoms. The molecule has 0 radical (unpaired) electrons. The molecule has 1 aliphatic carbocycles. The van der Waals surface area contributed by atoms with Crippen LogP contribution < -0.4 is 15.0 Å². The van der Waals surface area contributed by atoms with Crippen LogP contribution in [0, 0.1) is 5.41 Å². The van der Waals surface area contributed by atoms with Crippen LogP contribution in [0.5, 0.6) is 5.75 Å². The zero-order valence-electron chi connectivity index (χ0n) is 26.4. The van der Waals surface area contributed by atoms with Crippen LogP contribution in [0.15, 0.2) is 36.4 Å². The van der Waals surface area contributed by atoms with E-state index < -0.39 is 0 Å².